The first-order valence-corrected chi connectivity index (χ1v) is 7.64. The molecule has 19 heavy (non-hydrogen) atoms. The third-order valence-electron chi connectivity index (χ3n) is 6.55. The van der Waals surface area contributed by atoms with E-state index >= 15 is 0 Å². The van der Waals surface area contributed by atoms with Gasteiger partial charge in [0.2, 0.25) is 0 Å². The zero-order valence-electron chi connectivity index (χ0n) is 12.6. The van der Waals surface area contributed by atoms with E-state index in [1.54, 1.807) is 0 Å². The summed E-state index contributed by atoms with van der Waals surface area (Å²) in [6.45, 7) is 10.9. The molecule has 3 aliphatic carbocycles. The van der Waals surface area contributed by atoms with Gasteiger partial charge >= 0.3 is 5.97 Å². The van der Waals surface area contributed by atoms with Crippen LogP contribution in [0.4, 0.5) is 0 Å². The van der Waals surface area contributed by atoms with Crippen molar-refractivity contribution in [2.75, 3.05) is 7.11 Å². The summed E-state index contributed by atoms with van der Waals surface area (Å²) in [7, 11) is 1.53. The van der Waals surface area contributed by atoms with Crippen LogP contribution in [0.25, 0.3) is 0 Å². The predicted molar refractivity (Wildman–Crippen MR) is 75.4 cm³/mol. The van der Waals surface area contributed by atoms with Crippen LogP contribution in [-0.2, 0) is 9.53 Å². The molecule has 0 aromatic rings. The van der Waals surface area contributed by atoms with Crippen LogP contribution in [0.15, 0.2) is 12.2 Å². The summed E-state index contributed by atoms with van der Waals surface area (Å²) in [6, 6.07) is 0. The normalized spacial score (nSPS) is 51.2. The molecule has 3 saturated carbocycles. The molecule has 0 aromatic heterocycles. The van der Waals surface area contributed by atoms with Gasteiger partial charge in [0.1, 0.15) is 0 Å². The minimum atomic E-state index is -0.238. The van der Waals surface area contributed by atoms with E-state index in [0.29, 0.717) is 17.8 Å². The fourth-order valence-corrected chi connectivity index (χ4v) is 5.93. The topological polar surface area (TPSA) is 26.3 Å². The van der Waals surface area contributed by atoms with Crippen LogP contribution >= 0.6 is 0 Å². The zero-order valence-corrected chi connectivity index (χ0v) is 12.6. The molecule has 3 fully saturated rings. The summed E-state index contributed by atoms with van der Waals surface area (Å²) < 4.78 is 5.10. The highest BCUT2D eigenvalue weighted by atomic mass is 16.5. The van der Waals surface area contributed by atoms with E-state index in [1.807, 2.05) is 0 Å². The molecule has 0 saturated heterocycles. The quantitative estimate of drug-likeness (QED) is 0.560. The van der Waals surface area contributed by atoms with Gasteiger partial charge < -0.3 is 4.74 Å². The van der Waals surface area contributed by atoms with E-state index in [4.69, 9.17) is 4.74 Å². The van der Waals surface area contributed by atoms with Crippen molar-refractivity contribution in [3.05, 3.63) is 12.2 Å². The predicted octanol–water partition coefficient (Wildman–Crippen LogP) is 3.67. The van der Waals surface area contributed by atoms with Crippen LogP contribution in [0.5, 0.6) is 0 Å². The first kappa shape index (κ1) is 13.2. The van der Waals surface area contributed by atoms with Crippen LogP contribution in [-0.4, -0.2) is 13.1 Å². The van der Waals surface area contributed by atoms with Crippen LogP contribution in [0.1, 0.15) is 40.0 Å². The summed E-state index contributed by atoms with van der Waals surface area (Å²) in [4.78, 5) is 12.2. The SMILES string of the molecule is C=C(C)C1CC(C)C2C3CC(C12)C(C)(C(=O)OC)C3. The lowest BCUT2D eigenvalue weighted by Crippen LogP contribution is -2.42. The van der Waals surface area contributed by atoms with Crippen molar-refractivity contribution in [3.8, 4) is 0 Å². The van der Waals surface area contributed by atoms with Gasteiger partial charge in [0, 0.05) is 0 Å². The Hall–Kier alpha value is -0.790. The Morgan fingerprint density at radius 1 is 1.32 bits per heavy atom. The van der Waals surface area contributed by atoms with Gasteiger partial charge in [0.05, 0.1) is 12.5 Å². The maximum atomic E-state index is 12.2. The van der Waals surface area contributed by atoms with Crippen molar-refractivity contribution < 1.29 is 9.53 Å². The van der Waals surface area contributed by atoms with Gasteiger partial charge in [0.15, 0.2) is 0 Å². The Labute approximate surface area is 116 Å². The summed E-state index contributed by atoms with van der Waals surface area (Å²) in [6.07, 6.45) is 3.54. The van der Waals surface area contributed by atoms with Crippen molar-refractivity contribution in [2.45, 2.75) is 40.0 Å². The summed E-state index contributed by atoms with van der Waals surface area (Å²) >= 11 is 0. The maximum Gasteiger partial charge on any atom is 0.311 e. The second-order valence-electron chi connectivity index (χ2n) is 7.54. The van der Waals surface area contributed by atoms with E-state index in [9.17, 15) is 4.79 Å². The lowest BCUT2D eigenvalue weighted by molar-refractivity contribution is -0.157. The van der Waals surface area contributed by atoms with Crippen LogP contribution < -0.4 is 0 Å². The van der Waals surface area contributed by atoms with Gasteiger partial charge in [-0.1, -0.05) is 19.1 Å². The smallest absolute Gasteiger partial charge is 0.311 e. The summed E-state index contributed by atoms with van der Waals surface area (Å²) in [5.41, 5.74) is 1.08. The Balaban J connectivity index is 1.94. The van der Waals surface area contributed by atoms with Crippen LogP contribution in [0.3, 0.4) is 0 Å². The molecule has 7 atom stereocenters. The molecule has 0 radical (unpaired) electrons. The van der Waals surface area contributed by atoms with Crippen molar-refractivity contribution in [1.82, 2.24) is 0 Å². The molecule has 7 unspecified atom stereocenters. The van der Waals surface area contributed by atoms with Gasteiger partial charge in [-0.15, -0.1) is 0 Å². The lowest BCUT2D eigenvalue weighted by atomic mass is 9.63. The maximum absolute atomic E-state index is 12.2. The minimum absolute atomic E-state index is 0.0125. The van der Waals surface area contributed by atoms with Gasteiger partial charge in [-0.05, 0) is 68.6 Å². The number of methoxy groups -OCH3 is 1. The molecular formula is C17H26O2. The molecule has 106 valence electrons. The number of hydrogen-bond acceptors (Lipinski definition) is 2. The van der Waals surface area contributed by atoms with Crippen molar-refractivity contribution in [1.29, 1.82) is 0 Å². The highest BCUT2D eigenvalue weighted by Gasteiger charge is 2.65. The van der Waals surface area contributed by atoms with Crippen molar-refractivity contribution in [3.63, 3.8) is 0 Å². The van der Waals surface area contributed by atoms with Gasteiger partial charge in [-0.3, -0.25) is 4.79 Å². The zero-order chi connectivity index (χ0) is 13.9. The van der Waals surface area contributed by atoms with E-state index in [2.05, 4.69) is 27.4 Å². The molecule has 2 bridgehead atoms. The summed E-state index contributed by atoms with van der Waals surface area (Å²) in [5, 5.41) is 0. The number of ether oxygens (including phenoxy) is 1. The van der Waals surface area contributed by atoms with E-state index in [1.165, 1.54) is 25.5 Å². The lowest BCUT2D eigenvalue weighted by Gasteiger charge is -2.40. The second kappa shape index (κ2) is 4.10. The largest absolute Gasteiger partial charge is 0.469 e. The van der Waals surface area contributed by atoms with Gasteiger partial charge in [0.25, 0.3) is 0 Å². The number of esters is 1. The van der Waals surface area contributed by atoms with Gasteiger partial charge in [-0.25, -0.2) is 0 Å². The Bertz CT molecular complexity index is 427. The number of rotatable bonds is 2. The minimum Gasteiger partial charge on any atom is -0.469 e. The molecule has 2 nitrogen and oxygen atoms in total. The van der Waals surface area contributed by atoms with Crippen LogP contribution in [0.2, 0.25) is 0 Å². The molecule has 0 N–H and O–H groups in total. The first-order chi connectivity index (χ1) is 8.90. The fourth-order valence-electron chi connectivity index (χ4n) is 5.93. The second-order valence-corrected chi connectivity index (χ2v) is 7.54. The molecule has 0 aliphatic heterocycles. The first-order valence-electron chi connectivity index (χ1n) is 7.64. The number of hydrogen-bond donors (Lipinski definition) is 0. The monoisotopic (exact) mass is 262 g/mol. The van der Waals surface area contributed by atoms with Crippen molar-refractivity contribution >= 4 is 5.97 Å². The highest BCUT2D eigenvalue weighted by molar-refractivity contribution is 5.77. The molecule has 0 spiro atoms. The summed E-state index contributed by atoms with van der Waals surface area (Å²) in [5.74, 6) is 4.18. The molecule has 0 amide bonds. The van der Waals surface area contributed by atoms with E-state index < -0.39 is 0 Å². The van der Waals surface area contributed by atoms with E-state index in [-0.39, 0.29) is 11.4 Å². The number of carbonyl (C=O) groups excluding carboxylic acids is 1. The molecule has 0 heterocycles. The number of carbonyl (C=O) groups is 1. The van der Waals surface area contributed by atoms with Crippen LogP contribution in [0, 0.1) is 40.9 Å². The highest BCUT2D eigenvalue weighted by Crippen LogP contribution is 2.69. The average Bonchev–Trinajstić information content (AvgIpc) is 2.98. The molecule has 3 aliphatic rings. The molecule has 0 aromatic carbocycles. The molecular weight excluding hydrogens is 236 g/mol. The molecule has 2 heteroatoms. The van der Waals surface area contributed by atoms with E-state index in [0.717, 1.165) is 24.2 Å². The average molecular weight is 262 g/mol. The standard InChI is InChI=1S/C17H26O2/c1-9(2)12-6-10(3)14-11-7-13(15(12)14)17(4,8-11)16(18)19-5/h10-15H,1,6-8H2,2-5H3. The third-order valence-corrected chi connectivity index (χ3v) is 6.55. The third kappa shape index (κ3) is 1.58. The number of allylic oxidation sites excluding steroid dienone is 1. The Morgan fingerprint density at radius 2 is 2.00 bits per heavy atom. The van der Waals surface area contributed by atoms with Gasteiger partial charge in [-0.2, -0.15) is 0 Å². The fraction of sp³-hybridized carbons (Fsp3) is 0.824. The molecule has 3 rings (SSSR count). The Kier molecular flexibility index (Phi) is 2.85. The Morgan fingerprint density at radius 3 is 2.58 bits per heavy atom. The number of fused-ring (bicyclic) bond motifs is 5. The van der Waals surface area contributed by atoms with Crippen molar-refractivity contribution in [2.24, 2.45) is 40.9 Å².